The number of benzene rings is 1. The summed E-state index contributed by atoms with van der Waals surface area (Å²) in [6, 6.07) is 8.89. The fourth-order valence-corrected chi connectivity index (χ4v) is 3.15. The van der Waals surface area contributed by atoms with Gasteiger partial charge in [0.2, 0.25) is 0 Å². The lowest BCUT2D eigenvalue weighted by atomic mass is 9.92. The van der Waals surface area contributed by atoms with E-state index in [9.17, 15) is 0 Å². The molecule has 0 saturated carbocycles. The number of hydrogen-bond donors (Lipinski definition) is 2. The van der Waals surface area contributed by atoms with E-state index in [2.05, 4.69) is 62.4 Å². The summed E-state index contributed by atoms with van der Waals surface area (Å²) < 4.78 is 1.89. The fraction of sp³-hybridized carbons (Fsp3) is 0.526. The largest absolute Gasteiger partial charge is 0.394 e. The Morgan fingerprint density at radius 2 is 1.87 bits per heavy atom. The highest BCUT2D eigenvalue weighted by Crippen LogP contribution is 2.25. The topological polar surface area (TPSA) is 50.1 Å². The van der Waals surface area contributed by atoms with Crippen LogP contribution in [-0.2, 0) is 13.1 Å². The van der Waals surface area contributed by atoms with Crippen molar-refractivity contribution in [2.45, 2.75) is 53.8 Å². The van der Waals surface area contributed by atoms with Crippen molar-refractivity contribution in [3.8, 4) is 0 Å². The van der Waals surface area contributed by atoms with Gasteiger partial charge in [-0.2, -0.15) is 5.10 Å². The number of aromatic nitrogens is 2. The van der Waals surface area contributed by atoms with Crippen molar-refractivity contribution in [1.82, 2.24) is 15.1 Å². The molecule has 126 valence electrons. The number of nitrogens with zero attached hydrogens (tertiary/aromatic N) is 2. The van der Waals surface area contributed by atoms with Crippen LogP contribution in [0.5, 0.6) is 0 Å². The van der Waals surface area contributed by atoms with Crippen LogP contribution in [0.3, 0.4) is 0 Å². The minimum absolute atomic E-state index is 0.118. The van der Waals surface area contributed by atoms with Crippen LogP contribution in [0.15, 0.2) is 24.3 Å². The monoisotopic (exact) mass is 315 g/mol. The molecule has 2 N–H and O–H groups in total. The number of nitrogens with one attached hydrogen (secondary N) is 1. The highest BCUT2D eigenvalue weighted by atomic mass is 16.3. The van der Waals surface area contributed by atoms with Crippen LogP contribution in [0.1, 0.15) is 48.0 Å². The smallest absolute Gasteiger partial charge is 0.0644 e. The van der Waals surface area contributed by atoms with Gasteiger partial charge in [0.1, 0.15) is 0 Å². The van der Waals surface area contributed by atoms with E-state index in [4.69, 9.17) is 5.11 Å². The molecule has 0 radical (unpaired) electrons. The van der Waals surface area contributed by atoms with Crippen molar-refractivity contribution in [1.29, 1.82) is 0 Å². The van der Waals surface area contributed by atoms with E-state index in [0.717, 1.165) is 17.9 Å². The van der Waals surface area contributed by atoms with Crippen LogP contribution in [0.4, 0.5) is 0 Å². The zero-order chi connectivity index (χ0) is 17.0. The minimum atomic E-state index is 0.118. The predicted octanol–water partition coefficient (Wildman–Crippen LogP) is 3.29. The normalized spacial score (nSPS) is 12.8. The van der Waals surface area contributed by atoms with E-state index in [1.54, 1.807) is 0 Å². The van der Waals surface area contributed by atoms with Crippen LogP contribution >= 0.6 is 0 Å². The van der Waals surface area contributed by atoms with Gasteiger partial charge >= 0.3 is 0 Å². The second-order valence-electron chi connectivity index (χ2n) is 6.56. The molecule has 1 atom stereocenters. The molecule has 1 unspecified atom stereocenters. The summed E-state index contributed by atoms with van der Waals surface area (Å²) in [5, 5.41) is 17.4. The van der Waals surface area contributed by atoms with Gasteiger partial charge in [-0.1, -0.05) is 38.1 Å². The minimum Gasteiger partial charge on any atom is -0.394 e. The maximum absolute atomic E-state index is 9.14. The van der Waals surface area contributed by atoms with E-state index in [1.165, 1.54) is 16.7 Å². The summed E-state index contributed by atoms with van der Waals surface area (Å²) in [5.74, 6) is 0.504. The van der Waals surface area contributed by atoms with Crippen molar-refractivity contribution < 1.29 is 5.11 Å². The summed E-state index contributed by atoms with van der Waals surface area (Å²) in [5.41, 5.74) is 6.09. The van der Waals surface area contributed by atoms with Gasteiger partial charge in [-0.25, -0.2) is 0 Å². The third-order valence-corrected chi connectivity index (χ3v) is 4.53. The first-order valence-corrected chi connectivity index (χ1v) is 8.38. The molecule has 2 rings (SSSR count). The molecule has 0 aliphatic carbocycles. The maximum Gasteiger partial charge on any atom is 0.0644 e. The Kier molecular flexibility index (Phi) is 5.97. The van der Waals surface area contributed by atoms with Crippen molar-refractivity contribution in [2.24, 2.45) is 5.92 Å². The Morgan fingerprint density at radius 3 is 2.48 bits per heavy atom. The second-order valence-corrected chi connectivity index (χ2v) is 6.56. The van der Waals surface area contributed by atoms with Crippen molar-refractivity contribution in [3.05, 3.63) is 52.3 Å². The third-order valence-electron chi connectivity index (χ3n) is 4.53. The Bertz CT molecular complexity index is 646. The number of rotatable bonds is 7. The maximum atomic E-state index is 9.14. The molecule has 1 aromatic heterocycles. The molecule has 0 bridgehead atoms. The van der Waals surface area contributed by atoms with Gasteiger partial charge in [0.15, 0.2) is 0 Å². The first-order valence-electron chi connectivity index (χ1n) is 8.38. The lowest BCUT2D eigenvalue weighted by Gasteiger charge is -2.25. The molecular formula is C19H29N3O. The Balaban J connectivity index is 2.19. The number of hydrogen-bond acceptors (Lipinski definition) is 3. The predicted molar refractivity (Wildman–Crippen MR) is 94.4 cm³/mol. The molecule has 0 amide bonds. The molecule has 4 nitrogen and oxygen atoms in total. The van der Waals surface area contributed by atoms with Crippen LogP contribution in [0.25, 0.3) is 0 Å². The van der Waals surface area contributed by atoms with Crippen molar-refractivity contribution >= 4 is 0 Å². The Labute approximate surface area is 139 Å². The van der Waals surface area contributed by atoms with Gasteiger partial charge in [-0.05, 0) is 37.8 Å². The van der Waals surface area contributed by atoms with Crippen LogP contribution < -0.4 is 5.32 Å². The third kappa shape index (κ3) is 4.01. The van der Waals surface area contributed by atoms with E-state index in [-0.39, 0.29) is 6.61 Å². The Hall–Kier alpha value is -1.65. The van der Waals surface area contributed by atoms with E-state index >= 15 is 0 Å². The number of aliphatic hydroxyl groups excluding tert-OH is 1. The average Bonchev–Trinajstić information content (AvgIpc) is 2.76. The summed E-state index contributed by atoms with van der Waals surface area (Å²) in [6.07, 6.45) is 0. The van der Waals surface area contributed by atoms with Gasteiger partial charge in [-0.3, -0.25) is 4.68 Å². The first-order chi connectivity index (χ1) is 11.0. The molecule has 0 aliphatic heterocycles. The summed E-state index contributed by atoms with van der Waals surface area (Å²) in [6.45, 7) is 12.2. The molecule has 0 saturated heterocycles. The van der Waals surface area contributed by atoms with Gasteiger partial charge in [0, 0.05) is 23.8 Å². The van der Waals surface area contributed by atoms with E-state index in [0.29, 0.717) is 18.5 Å². The van der Waals surface area contributed by atoms with Gasteiger partial charge in [0.05, 0.1) is 18.8 Å². The molecule has 0 fully saturated rings. The lowest BCUT2D eigenvalue weighted by Crippen LogP contribution is -2.26. The molecule has 1 heterocycles. The Morgan fingerprint density at radius 1 is 1.17 bits per heavy atom. The fourth-order valence-electron chi connectivity index (χ4n) is 3.15. The molecule has 0 spiro atoms. The SMILES string of the molecule is Cc1ccccc1C(NCc1c(C)nn(CCO)c1C)C(C)C. The van der Waals surface area contributed by atoms with Gasteiger partial charge in [-0.15, -0.1) is 0 Å². The van der Waals surface area contributed by atoms with Crippen LogP contribution in [0.2, 0.25) is 0 Å². The summed E-state index contributed by atoms with van der Waals surface area (Å²) in [7, 11) is 0. The lowest BCUT2D eigenvalue weighted by molar-refractivity contribution is 0.267. The number of aliphatic hydroxyl groups is 1. The summed E-state index contributed by atoms with van der Waals surface area (Å²) >= 11 is 0. The quantitative estimate of drug-likeness (QED) is 0.824. The molecule has 0 aliphatic rings. The first kappa shape index (κ1) is 17.7. The zero-order valence-electron chi connectivity index (χ0n) is 14.9. The van der Waals surface area contributed by atoms with Crippen molar-refractivity contribution in [3.63, 3.8) is 0 Å². The van der Waals surface area contributed by atoms with E-state index < -0.39 is 0 Å². The second kappa shape index (κ2) is 7.75. The zero-order valence-corrected chi connectivity index (χ0v) is 14.9. The van der Waals surface area contributed by atoms with E-state index in [1.807, 2.05) is 11.6 Å². The average molecular weight is 315 g/mol. The highest BCUT2D eigenvalue weighted by molar-refractivity contribution is 5.30. The van der Waals surface area contributed by atoms with Crippen molar-refractivity contribution in [2.75, 3.05) is 6.61 Å². The highest BCUT2D eigenvalue weighted by Gasteiger charge is 2.19. The number of aryl methyl sites for hydroxylation is 2. The van der Waals surface area contributed by atoms with Gasteiger partial charge in [0.25, 0.3) is 0 Å². The molecule has 4 heteroatoms. The molecule has 1 aromatic carbocycles. The molecule has 23 heavy (non-hydrogen) atoms. The molecule has 2 aromatic rings. The van der Waals surface area contributed by atoms with Crippen LogP contribution in [-0.4, -0.2) is 21.5 Å². The summed E-state index contributed by atoms with van der Waals surface area (Å²) in [4.78, 5) is 0. The molecular weight excluding hydrogens is 286 g/mol. The van der Waals surface area contributed by atoms with Gasteiger partial charge < -0.3 is 10.4 Å². The standard InChI is InChI=1S/C19H29N3O/c1-13(2)19(17-9-7-6-8-14(17)3)20-12-18-15(4)21-22(10-11-23)16(18)5/h6-9,13,19-20,23H,10-12H2,1-5H3. The van der Waals surface area contributed by atoms with Crippen LogP contribution in [0, 0.1) is 26.7 Å².